The summed E-state index contributed by atoms with van der Waals surface area (Å²) in [5, 5.41) is 3.48. The summed E-state index contributed by atoms with van der Waals surface area (Å²) in [7, 11) is 2.16. The van der Waals surface area contributed by atoms with E-state index in [0.29, 0.717) is 5.41 Å². The van der Waals surface area contributed by atoms with Crippen LogP contribution in [-0.2, 0) is 0 Å². The van der Waals surface area contributed by atoms with E-state index in [9.17, 15) is 0 Å². The van der Waals surface area contributed by atoms with Gasteiger partial charge in [0.25, 0.3) is 0 Å². The van der Waals surface area contributed by atoms with E-state index in [4.69, 9.17) is 4.99 Å². The van der Waals surface area contributed by atoms with Gasteiger partial charge in [-0.2, -0.15) is 0 Å². The van der Waals surface area contributed by atoms with Crippen molar-refractivity contribution in [3.8, 4) is 0 Å². The van der Waals surface area contributed by atoms with Crippen LogP contribution in [0, 0.1) is 5.41 Å². The first-order chi connectivity index (χ1) is 9.69. The molecule has 0 aromatic heterocycles. The topological polar surface area (TPSA) is 30.9 Å². The van der Waals surface area contributed by atoms with E-state index >= 15 is 0 Å². The highest BCUT2D eigenvalue weighted by Gasteiger charge is 2.40. The molecule has 4 nitrogen and oxygen atoms in total. The molecule has 2 aliphatic rings. The SMILES string of the molecule is CCNC(=NCCN(C)CC)N1CCC2(CCCC2)C1. The molecule has 1 aliphatic carbocycles. The normalized spacial score (nSPS) is 22.2. The molecule has 0 aromatic rings. The van der Waals surface area contributed by atoms with Gasteiger partial charge in [0.1, 0.15) is 0 Å². The highest BCUT2D eigenvalue weighted by atomic mass is 15.3. The van der Waals surface area contributed by atoms with Gasteiger partial charge < -0.3 is 15.1 Å². The van der Waals surface area contributed by atoms with Gasteiger partial charge in [-0.3, -0.25) is 4.99 Å². The number of rotatable bonds is 5. The minimum absolute atomic E-state index is 0.621. The molecule has 0 amide bonds. The predicted molar refractivity (Wildman–Crippen MR) is 86.2 cm³/mol. The minimum atomic E-state index is 0.621. The first kappa shape index (κ1) is 15.6. The van der Waals surface area contributed by atoms with Crippen LogP contribution in [0.1, 0.15) is 46.0 Å². The van der Waals surface area contributed by atoms with E-state index in [1.54, 1.807) is 0 Å². The first-order valence-electron chi connectivity index (χ1n) is 8.41. The van der Waals surface area contributed by atoms with Crippen LogP contribution in [-0.4, -0.2) is 62.1 Å². The Labute approximate surface area is 124 Å². The maximum Gasteiger partial charge on any atom is 0.193 e. The lowest BCUT2D eigenvalue weighted by Gasteiger charge is -2.26. The molecular weight excluding hydrogens is 248 g/mol. The lowest BCUT2D eigenvalue weighted by molar-refractivity contribution is 0.308. The second-order valence-corrected chi connectivity index (χ2v) is 6.51. The van der Waals surface area contributed by atoms with Crippen molar-refractivity contribution in [2.75, 3.05) is 46.3 Å². The van der Waals surface area contributed by atoms with Gasteiger partial charge in [0.05, 0.1) is 6.54 Å². The van der Waals surface area contributed by atoms with Gasteiger partial charge in [-0.25, -0.2) is 0 Å². The molecule has 1 saturated carbocycles. The largest absolute Gasteiger partial charge is 0.357 e. The highest BCUT2D eigenvalue weighted by molar-refractivity contribution is 5.80. The second kappa shape index (κ2) is 7.30. The fraction of sp³-hybridized carbons (Fsp3) is 0.938. The van der Waals surface area contributed by atoms with Crippen LogP contribution in [0.4, 0.5) is 0 Å². The molecule has 4 heteroatoms. The molecule has 0 aromatic carbocycles. The van der Waals surface area contributed by atoms with Crippen LogP contribution >= 0.6 is 0 Å². The van der Waals surface area contributed by atoms with Gasteiger partial charge in [0.2, 0.25) is 0 Å². The first-order valence-corrected chi connectivity index (χ1v) is 8.41. The molecule has 1 N–H and O–H groups in total. The van der Waals surface area contributed by atoms with Crippen LogP contribution in [0.5, 0.6) is 0 Å². The third kappa shape index (κ3) is 3.87. The number of likely N-dealkylation sites (tertiary alicyclic amines) is 1. The summed E-state index contributed by atoms with van der Waals surface area (Å²) in [6.07, 6.45) is 7.10. The smallest absolute Gasteiger partial charge is 0.193 e. The van der Waals surface area contributed by atoms with Crippen LogP contribution in [0.25, 0.3) is 0 Å². The summed E-state index contributed by atoms with van der Waals surface area (Å²) >= 11 is 0. The van der Waals surface area contributed by atoms with E-state index in [2.05, 4.69) is 36.0 Å². The standard InChI is InChI=1S/C16H32N4/c1-4-17-15(18-11-13-19(3)5-2)20-12-10-16(14-20)8-6-7-9-16/h4-14H2,1-3H3,(H,17,18). The Morgan fingerprint density at radius 2 is 2.00 bits per heavy atom. The number of likely N-dealkylation sites (N-methyl/N-ethyl adjacent to an activating group) is 1. The molecule has 116 valence electrons. The van der Waals surface area contributed by atoms with E-state index in [1.165, 1.54) is 45.2 Å². The monoisotopic (exact) mass is 280 g/mol. The fourth-order valence-corrected chi connectivity index (χ4v) is 3.56. The maximum atomic E-state index is 4.83. The Balaban J connectivity index is 1.89. The molecule has 1 spiro atoms. The lowest BCUT2D eigenvalue weighted by atomic mass is 9.86. The number of nitrogens with one attached hydrogen (secondary N) is 1. The lowest BCUT2D eigenvalue weighted by Crippen LogP contribution is -2.41. The maximum absolute atomic E-state index is 4.83. The van der Waals surface area contributed by atoms with E-state index in [1.807, 2.05) is 0 Å². The number of hydrogen-bond acceptors (Lipinski definition) is 2. The molecule has 0 atom stereocenters. The molecule has 1 saturated heterocycles. The summed E-state index contributed by atoms with van der Waals surface area (Å²) in [5.74, 6) is 1.14. The van der Waals surface area contributed by atoms with Crippen molar-refractivity contribution in [3.63, 3.8) is 0 Å². The predicted octanol–water partition coefficient (Wildman–Crippen LogP) is 2.17. The van der Waals surface area contributed by atoms with Crippen molar-refractivity contribution in [2.45, 2.75) is 46.0 Å². The highest BCUT2D eigenvalue weighted by Crippen LogP contribution is 2.45. The van der Waals surface area contributed by atoms with Gasteiger partial charge in [-0.15, -0.1) is 0 Å². The molecule has 0 unspecified atom stereocenters. The average Bonchev–Trinajstić information content (AvgIpc) is 3.08. The molecule has 2 rings (SSSR count). The Morgan fingerprint density at radius 1 is 1.25 bits per heavy atom. The van der Waals surface area contributed by atoms with Gasteiger partial charge in [-0.1, -0.05) is 19.8 Å². The van der Waals surface area contributed by atoms with Crippen molar-refractivity contribution in [1.29, 1.82) is 0 Å². The van der Waals surface area contributed by atoms with Gasteiger partial charge >= 0.3 is 0 Å². The summed E-state index contributed by atoms with van der Waals surface area (Å²) in [4.78, 5) is 9.64. The molecule has 1 heterocycles. The Bertz CT molecular complexity index is 320. The summed E-state index contributed by atoms with van der Waals surface area (Å²) in [5.41, 5.74) is 0.621. The summed E-state index contributed by atoms with van der Waals surface area (Å²) in [6.45, 7) is 10.8. The van der Waals surface area contributed by atoms with E-state index in [0.717, 1.165) is 32.1 Å². The third-order valence-corrected chi connectivity index (χ3v) is 5.02. The molecule has 1 aliphatic heterocycles. The zero-order valence-electron chi connectivity index (χ0n) is 13.6. The van der Waals surface area contributed by atoms with Crippen LogP contribution in [0.2, 0.25) is 0 Å². The van der Waals surface area contributed by atoms with E-state index < -0.39 is 0 Å². The van der Waals surface area contributed by atoms with Crippen molar-refractivity contribution in [2.24, 2.45) is 10.4 Å². The minimum Gasteiger partial charge on any atom is -0.357 e. The van der Waals surface area contributed by atoms with Crippen LogP contribution < -0.4 is 5.32 Å². The van der Waals surface area contributed by atoms with Crippen LogP contribution in [0.15, 0.2) is 4.99 Å². The van der Waals surface area contributed by atoms with Crippen LogP contribution in [0.3, 0.4) is 0 Å². The molecule has 0 bridgehead atoms. The van der Waals surface area contributed by atoms with Gasteiger partial charge in [0, 0.05) is 26.2 Å². The molecule has 20 heavy (non-hydrogen) atoms. The summed E-state index contributed by atoms with van der Waals surface area (Å²) < 4.78 is 0. The second-order valence-electron chi connectivity index (χ2n) is 6.51. The van der Waals surface area contributed by atoms with Crippen molar-refractivity contribution in [3.05, 3.63) is 0 Å². The van der Waals surface area contributed by atoms with Gasteiger partial charge in [-0.05, 0) is 45.2 Å². The van der Waals surface area contributed by atoms with Crippen molar-refractivity contribution >= 4 is 5.96 Å². The zero-order valence-corrected chi connectivity index (χ0v) is 13.6. The Morgan fingerprint density at radius 3 is 2.65 bits per heavy atom. The molecule has 0 radical (unpaired) electrons. The van der Waals surface area contributed by atoms with Crippen molar-refractivity contribution < 1.29 is 0 Å². The third-order valence-electron chi connectivity index (χ3n) is 5.02. The molecule has 2 fully saturated rings. The number of nitrogens with zero attached hydrogens (tertiary/aromatic N) is 3. The van der Waals surface area contributed by atoms with Crippen molar-refractivity contribution in [1.82, 2.24) is 15.1 Å². The van der Waals surface area contributed by atoms with E-state index in [-0.39, 0.29) is 0 Å². The number of guanidine groups is 1. The fourth-order valence-electron chi connectivity index (χ4n) is 3.56. The number of hydrogen-bond donors (Lipinski definition) is 1. The Kier molecular flexibility index (Phi) is 5.70. The average molecular weight is 280 g/mol. The van der Waals surface area contributed by atoms with Gasteiger partial charge in [0.15, 0.2) is 5.96 Å². The molecular formula is C16H32N4. The zero-order chi connectivity index (χ0) is 14.4. The Hall–Kier alpha value is -0.770. The summed E-state index contributed by atoms with van der Waals surface area (Å²) in [6, 6.07) is 0. The quantitative estimate of drug-likeness (QED) is 0.618. The number of aliphatic imine (C=N–C) groups is 1.